The van der Waals surface area contributed by atoms with Gasteiger partial charge in [0.2, 0.25) is 0 Å². The maximum absolute atomic E-state index is 11.3. The van der Waals surface area contributed by atoms with E-state index < -0.39 is 11.9 Å². The number of carboxylic acids is 2. The van der Waals surface area contributed by atoms with Gasteiger partial charge in [-0.15, -0.1) is 12.4 Å². The topological polar surface area (TPSA) is 86.6 Å². The number of carboxylic acid groups (broad SMARTS) is 2. The van der Waals surface area contributed by atoms with Crippen molar-refractivity contribution in [3.05, 3.63) is 51.2 Å². The quantitative estimate of drug-likeness (QED) is 0.779. The minimum atomic E-state index is -1.21. The van der Waals surface area contributed by atoms with Gasteiger partial charge in [0.1, 0.15) is 0 Å². The Morgan fingerprint density at radius 3 is 2.38 bits per heavy atom. The molecular weight excluding hydrogens is 341 g/mol. The van der Waals surface area contributed by atoms with Crippen LogP contribution in [0.1, 0.15) is 12.0 Å². The number of benzene rings is 1. The van der Waals surface area contributed by atoms with Gasteiger partial charge in [0.05, 0.1) is 26.9 Å². The molecule has 1 heterocycles. The van der Waals surface area contributed by atoms with Crippen LogP contribution in [0.25, 0.3) is 5.70 Å². The number of hydrogen-bond acceptors (Lipinski definition) is 3. The van der Waals surface area contributed by atoms with Crippen molar-refractivity contribution in [2.24, 2.45) is 0 Å². The molecule has 0 spiro atoms. The summed E-state index contributed by atoms with van der Waals surface area (Å²) in [6.45, 7) is 0. The van der Waals surface area contributed by atoms with Crippen molar-refractivity contribution in [3.8, 4) is 0 Å². The van der Waals surface area contributed by atoms with Crippen LogP contribution >= 0.6 is 35.6 Å². The molecule has 0 atom stereocenters. The highest BCUT2D eigenvalue weighted by Crippen LogP contribution is 2.33. The standard InChI is InChI=1S/C13H9Cl2NO4.ClH/c14-9-3-1-2-7(10(9)15)11-8(13(19)20)4-6(5-16-11)12(17)18;/h1-3,5,16H,4H2,(H,17,18)(H,19,20);1H. The van der Waals surface area contributed by atoms with Crippen LogP contribution in [0.15, 0.2) is 35.5 Å². The van der Waals surface area contributed by atoms with E-state index in [9.17, 15) is 14.7 Å². The minimum absolute atomic E-state index is 0. The van der Waals surface area contributed by atoms with Crippen molar-refractivity contribution in [1.82, 2.24) is 5.32 Å². The smallest absolute Gasteiger partial charge is 0.334 e. The van der Waals surface area contributed by atoms with Gasteiger partial charge in [-0.2, -0.15) is 0 Å². The third kappa shape index (κ3) is 3.50. The summed E-state index contributed by atoms with van der Waals surface area (Å²) in [5, 5.41) is 21.3. The zero-order chi connectivity index (χ0) is 14.9. The molecule has 112 valence electrons. The van der Waals surface area contributed by atoms with E-state index in [2.05, 4.69) is 5.32 Å². The summed E-state index contributed by atoms with van der Waals surface area (Å²) in [5.74, 6) is -2.39. The molecule has 0 radical (unpaired) electrons. The first-order valence-corrected chi connectivity index (χ1v) is 6.27. The number of nitrogens with one attached hydrogen (secondary N) is 1. The molecule has 1 aliphatic rings. The predicted molar refractivity (Wildman–Crippen MR) is 81.7 cm³/mol. The first-order chi connectivity index (χ1) is 9.41. The first-order valence-electron chi connectivity index (χ1n) is 5.51. The number of rotatable bonds is 3. The van der Waals surface area contributed by atoms with E-state index in [1.165, 1.54) is 6.20 Å². The number of carbonyl (C=O) groups is 2. The zero-order valence-electron chi connectivity index (χ0n) is 10.4. The molecule has 0 aliphatic carbocycles. The lowest BCUT2D eigenvalue weighted by Gasteiger charge is -2.19. The van der Waals surface area contributed by atoms with Gasteiger partial charge in [0.25, 0.3) is 0 Å². The summed E-state index contributed by atoms with van der Waals surface area (Å²) in [6.07, 6.45) is 1.05. The van der Waals surface area contributed by atoms with Gasteiger partial charge >= 0.3 is 11.9 Å². The largest absolute Gasteiger partial charge is 0.478 e. The average Bonchev–Trinajstić information content (AvgIpc) is 2.41. The molecule has 3 N–H and O–H groups in total. The van der Waals surface area contributed by atoms with Gasteiger partial charge in [0, 0.05) is 18.2 Å². The van der Waals surface area contributed by atoms with Crippen molar-refractivity contribution < 1.29 is 19.8 Å². The monoisotopic (exact) mass is 349 g/mol. The van der Waals surface area contributed by atoms with Crippen LogP contribution in [0.4, 0.5) is 0 Å². The summed E-state index contributed by atoms with van der Waals surface area (Å²) in [4.78, 5) is 22.2. The van der Waals surface area contributed by atoms with Crippen LogP contribution in [0, 0.1) is 0 Å². The Morgan fingerprint density at radius 1 is 1.14 bits per heavy atom. The Bertz CT molecular complexity index is 667. The molecule has 8 heteroatoms. The van der Waals surface area contributed by atoms with E-state index in [0.717, 1.165) is 0 Å². The van der Waals surface area contributed by atoms with Crippen LogP contribution < -0.4 is 5.32 Å². The van der Waals surface area contributed by atoms with E-state index in [0.29, 0.717) is 5.56 Å². The van der Waals surface area contributed by atoms with E-state index in [4.69, 9.17) is 28.3 Å². The lowest BCUT2D eigenvalue weighted by Crippen LogP contribution is -2.21. The fourth-order valence-electron chi connectivity index (χ4n) is 1.83. The molecule has 0 fully saturated rings. The molecule has 1 aromatic rings. The second-order valence-corrected chi connectivity index (χ2v) is 4.84. The van der Waals surface area contributed by atoms with Gasteiger partial charge in [-0.3, -0.25) is 0 Å². The molecular formula is C13H10Cl3NO4. The number of halogens is 3. The maximum atomic E-state index is 11.3. The average molecular weight is 351 g/mol. The van der Waals surface area contributed by atoms with E-state index in [-0.39, 0.29) is 45.7 Å². The fourth-order valence-corrected chi connectivity index (χ4v) is 2.23. The summed E-state index contributed by atoms with van der Waals surface area (Å²) in [5.41, 5.74) is 0.547. The van der Waals surface area contributed by atoms with Gasteiger partial charge < -0.3 is 15.5 Å². The summed E-state index contributed by atoms with van der Waals surface area (Å²) < 4.78 is 0. The second kappa shape index (κ2) is 6.85. The van der Waals surface area contributed by atoms with Crippen LogP contribution in [0.3, 0.4) is 0 Å². The highest BCUT2D eigenvalue weighted by Gasteiger charge is 2.25. The predicted octanol–water partition coefficient (Wildman–Crippen LogP) is 3.17. The lowest BCUT2D eigenvalue weighted by molar-refractivity contribution is -0.133. The first kappa shape index (κ1) is 17.4. The van der Waals surface area contributed by atoms with E-state index in [1.807, 2.05) is 0 Å². The van der Waals surface area contributed by atoms with Crippen molar-refractivity contribution in [3.63, 3.8) is 0 Å². The molecule has 2 rings (SSSR count). The van der Waals surface area contributed by atoms with Crippen LogP contribution in [0.2, 0.25) is 10.0 Å². The third-order valence-corrected chi connectivity index (χ3v) is 3.63. The fraction of sp³-hybridized carbons (Fsp3) is 0.0769. The van der Waals surface area contributed by atoms with Crippen molar-refractivity contribution in [2.45, 2.75) is 6.42 Å². The third-order valence-electron chi connectivity index (χ3n) is 2.81. The lowest BCUT2D eigenvalue weighted by atomic mass is 9.97. The molecule has 0 amide bonds. The molecule has 1 aliphatic heterocycles. The number of hydrogen-bond donors (Lipinski definition) is 3. The Labute approximate surface area is 136 Å². The highest BCUT2D eigenvalue weighted by atomic mass is 35.5. The molecule has 0 aromatic heterocycles. The van der Waals surface area contributed by atoms with Crippen LogP contribution in [0.5, 0.6) is 0 Å². The highest BCUT2D eigenvalue weighted by molar-refractivity contribution is 6.43. The molecule has 5 nitrogen and oxygen atoms in total. The van der Waals surface area contributed by atoms with Crippen molar-refractivity contribution in [1.29, 1.82) is 0 Å². The number of dihydropyridines is 1. The molecule has 0 unspecified atom stereocenters. The van der Waals surface area contributed by atoms with Gasteiger partial charge in [-0.05, 0) is 6.07 Å². The molecule has 0 saturated carbocycles. The number of aliphatic carboxylic acids is 2. The van der Waals surface area contributed by atoms with Gasteiger partial charge in [-0.25, -0.2) is 9.59 Å². The molecule has 21 heavy (non-hydrogen) atoms. The Kier molecular flexibility index (Phi) is 5.66. The summed E-state index contributed by atoms with van der Waals surface area (Å²) >= 11 is 12.0. The zero-order valence-corrected chi connectivity index (χ0v) is 12.7. The Balaban J connectivity index is 0.00000220. The summed E-state index contributed by atoms with van der Waals surface area (Å²) in [7, 11) is 0. The van der Waals surface area contributed by atoms with Crippen LogP contribution in [-0.4, -0.2) is 22.2 Å². The normalized spacial score (nSPS) is 13.9. The Hall–Kier alpha value is -1.69. The maximum Gasteiger partial charge on any atom is 0.334 e. The Morgan fingerprint density at radius 2 is 1.81 bits per heavy atom. The van der Waals surface area contributed by atoms with Crippen LogP contribution in [-0.2, 0) is 9.59 Å². The molecule has 0 bridgehead atoms. The second-order valence-electron chi connectivity index (χ2n) is 4.06. The minimum Gasteiger partial charge on any atom is -0.478 e. The molecule has 1 aromatic carbocycles. The van der Waals surface area contributed by atoms with E-state index >= 15 is 0 Å². The van der Waals surface area contributed by atoms with Crippen molar-refractivity contribution >= 4 is 53.2 Å². The van der Waals surface area contributed by atoms with Crippen molar-refractivity contribution in [2.75, 3.05) is 0 Å². The SMILES string of the molecule is Cl.O=C(O)C1=CNC(c2cccc(Cl)c2Cl)=C(C(=O)O)C1. The van der Waals surface area contributed by atoms with Gasteiger partial charge in [0.15, 0.2) is 0 Å². The van der Waals surface area contributed by atoms with E-state index in [1.54, 1.807) is 18.2 Å². The van der Waals surface area contributed by atoms with Gasteiger partial charge in [-0.1, -0.05) is 35.3 Å². The summed E-state index contributed by atoms with van der Waals surface area (Å²) in [6, 6.07) is 4.82. The molecule has 0 saturated heterocycles.